The quantitative estimate of drug-likeness (QED) is 0.763. The van der Waals surface area contributed by atoms with Gasteiger partial charge in [-0.05, 0) is 31.8 Å². The SMILES string of the molecule is C(=C1CC2CCC(C1)N2)c1cnsn1. The Bertz CT molecular complexity index is 330. The Morgan fingerprint density at radius 3 is 2.79 bits per heavy atom. The Kier molecular flexibility index (Phi) is 2.10. The largest absolute Gasteiger partial charge is 0.311 e. The van der Waals surface area contributed by atoms with Crippen LogP contribution in [-0.2, 0) is 0 Å². The lowest BCUT2D eigenvalue weighted by Gasteiger charge is -2.23. The van der Waals surface area contributed by atoms with Gasteiger partial charge in [0.25, 0.3) is 0 Å². The van der Waals surface area contributed by atoms with Crippen molar-refractivity contribution in [2.45, 2.75) is 37.8 Å². The van der Waals surface area contributed by atoms with Crippen LogP contribution in [0.2, 0.25) is 0 Å². The third kappa shape index (κ3) is 1.60. The molecule has 3 rings (SSSR count). The van der Waals surface area contributed by atoms with Crippen molar-refractivity contribution in [3.05, 3.63) is 17.5 Å². The van der Waals surface area contributed by atoms with Crippen LogP contribution in [-0.4, -0.2) is 20.8 Å². The van der Waals surface area contributed by atoms with Gasteiger partial charge in [-0.1, -0.05) is 5.57 Å². The number of nitrogens with zero attached hydrogens (tertiary/aromatic N) is 2. The van der Waals surface area contributed by atoms with Crippen LogP contribution in [0.5, 0.6) is 0 Å². The molecule has 0 amide bonds. The minimum atomic E-state index is 0.728. The van der Waals surface area contributed by atoms with E-state index in [0.717, 1.165) is 17.8 Å². The lowest BCUT2D eigenvalue weighted by Crippen LogP contribution is -2.34. The first kappa shape index (κ1) is 8.56. The number of aromatic nitrogens is 2. The fraction of sp³-hybridized carbons (Fsp3) is 0.600. The molecule has 3 heterocycles. The highest BCUT2D eigenvalue weighted by Crippen LogP contribution is 2.31. The molecule has 0 radical (unpaired) electrons. The predicted molar refractivity (Wildman–Crippen MR) is 57.1 cm³/mol. The minimum absolute atomic E-state index is 0.728. The van der Waals surface area contributed by atoms with Crippen LogP contribution in [0.25, 0.3) is 6.08 Å². The van der Waals surface area contributed by atoms with Gasteiger partial charge in [0.05, 0.1) is 23.6 Å². The van der Waals surface area contributed by atoms with E-state index in [9.17, 15) is 0 Å². The molecule has 2 aliphatic rings. The summed E-state index contributed by atoms with van der Waals surface area (Å²) < 4.78 is 8.23. The second kappa shape index (κ2) is 3.44. The number of rotatable bonds is 1. The molecule has 0 aromatic carbocycles. The molecule has 3 nitrogen and oxygen atoms in total. The Hall–Kier alpha value is -0.740. The lowest BCUT2D eigenvalue weighted by molar-refractivity contribution is 0.476. The second-order valence-corrected chi connectivity index (χ2v) is 4.74. The summed E-state index contributed by atoms with van der Waals surface area (Å²) >= 11 is 1.29. The van der Waals surface area contributed by atoms with Crippen LogP contribution in [0.1, 0.15) is 31.4 Å². The van der Waals surface area contributed by atoms with Gasteiger partial charge in [-0.3, -0.25) is 0 Å². The molecule has 0 spiro atoms. The summed E-state index contributed by atoms with van der Waals surface area (Å²) in [7, 11) is 0. The van der Waals surface area contributed by atoms with Crippen molar-refractivity contribution >= 4 is 17.8 Å². The van der Waals surface area contributed by atoms with Crippen molar-refractivity contribution in [3.63, 3.8) is 0 Å². The number of nitrogens with one attached hydrogen (secondary N) is 1. The summed E-state index contributed by atoms with van der Waals surface area (Å²) in [6.07, 6.45) is 9.16. The molecule has 0 saturated carbocycles. The van der Waals surface area contributed by atoms with E-state index >= 15 is 0 Å². The van der Waals surface area contributed by atoms with Crippen LogP contribution in [0.3, 0.4) is 0 Å². The Labute approximate surface area is 87.6 Å². The van der Waals surface area contributed by atoms with E-state index < -0.39 is 0 Å². The first-order valence-corrected chi connectivity index (χ1v) is 5.86. The van der Waals surface area contributed by atoms with E-state index in [1.165, 1.54) is 37.4 Å². The topological polar surface area (TPSA) is 37.8 Å². The Morgan fingerprint density at radius 2 is 2.14 bits per heavy atom. The summed E-state index contributed by atoms with van der Waals surface area (Å²) in [6, 6.07) is 1.46. The molecule has 14 heavy (non-hydrogen) atoms. The molecule has 4 heteroatoms. The van der Waals surface area contributed by atoms with E-state index in [1.54, 1.807) is 5.57 Å². The van der Waals surface area contributed by atoms with Crippen molar-refractivity contribution in [1.29, 1.82) is 0 Å². The minimum Gasteiger partial charge on any atom is -0.311 e. The van der Waals surface area contributed by atoms with Gasteiger partial charge < -0.3 is 5.32 Å². The molecule has 2 saturated heterocycles. The fourth-order valence-electron chi connectivity index (χ4n) is 2.50. The molecule has 74 valence electrons. The first-order chi connectivity index (χ1) is 6.90. The number of fused-ring (bicyclic) bond motifs is 2. The molecule has 1 aromatic heterocycles. The van der Waals surface area contributed by atoms with E-state index in [2.05, 4.69) is 20.1 Å². The van der Waals surface area contributed by atoms with Crippen molar-refractivity contribution in [2.75, 3.05) is 0 Å². The van der Waals surface area contributed by atoms with E-state index in [0.29, 0.717) is 0 Å². The zero-order chi connectivity index (χ0) is 9.38. The normalized spacial score (nSPS) is 30.7. The molecule has 2 atom stereocenters. The zero-order valence-corrected chi connectivity index (χ0v) is 8.76. The molecule has 1 N–H and O–H groups in total. The molecule has 2 bridgehead atoms. The van der Waals surface area contributed by atoms with Crippen molar-refractivity contribution < 1.29 is 0 Å². The van der Waals surface area contributed by atoms with E-state index in [-0.39, 0.29) is 0 Å². The maximum atomic E-state index is 4.21. The van der Waals surface area contributed by atoms with Crippen LogP contribution < -0.4 is 5.32 Å². The van der Waals surface area contributed by atoms with Gasteiger partial charge in [0.15, 0.2) is 0 Å². The van der Waals surface area contributed by atoms with Gasteiger partial charge in [0.2, 0.25) is 0 Å². The van der Waals surface area contributed by atoms with E-state index in [1.807, 2.05) is 6.20 Å². The van der Waals surface area contributed by atoms with Gasteiger partial charge in [-0.25, -0.2) is 0 Å². The fourth-order valence-corrected chi connectivity index (χ4v) is 2.90. The summed E-state index contributed by atoms with van der Waals surface area (Å²) in [5.41, 5.74) is 2.58. The summed E-state index contributed by atoms with van der Waals surface area (Å²) in [4.78, 5) is 0. The highest BCUT2D eigenvalue weighted by atomic mass is 32.1. The van der Waals surface area contributed by atoms with E-state index in [4.69, 9.17) is 0 Å². The monoisotopic (exact) mass is 207 g/mol. The van der Waals surface area contributed by atoms with Crippen LogP contribution >= 0.6 is 11.7 Å². The van der Waals surface area contributed by atoms with Gasteiger partial charge >= 0.3 is 0 Å². The van der Waals surface area contributed by atoms with Gasteiger partial charge in [-0.15, -0.1) is 0 Å². The third-order valence-corrected chi connectivity index (χ3v) is 3.57. The summed E-state index contributed by atoms with van der Waals surface area (Å²) in [5.74, 6) is 0. The number of hydrogen-bond donors (Lipinski definition) is 1. The average Bonchev–Trinajstić information content (AvgIpc) is 2.77. The molecule has 2 unspecified atom stereocenters. The molecule has 2 aliphatic heterocycles. The Balaban J connectivity index is 1.80. The van der Waals surface area contributed by atoms with Gasteiger partial charge in [0, 0.05) is 12.1 Å². The van der Waals surface area contributed by atoms with Crippen LogP contribution in [0, 0.1) is 0 Å². The van der Waals surface area contributed by atoms with Crippen molar-refractivity contribution in [3.8, 4) is 0 Å². The maximum absolute atomic E-state index is 4.21. The van der Waals surface area contributed by atoms with Crippen molar-refractivity contribution in [2.24, 2.45) is 0 Å². The highest BCUT2D eigenvalue weighted by Gasteiger charge is 2.29. The van der Waals surface area contributed by atoms with Crippen LogP contribution in [0.15, 0.2) is 11.8 Å². The lowest BCUT2D eigenvalue weighted by atomic mass is 9.98. The third-order valence-electron chi connectivity index (χ3n) is 3.08. The number of piperidine rings is 1. The molecule has 2 fully saturated rings. The first-order valence-electron chi connectivity index (χ1n) is 5.13. The van der Waals surface area contributed by atoms with Gasteiger partial charge in [-0.2, -0.15) is 8.75 Å². The predicted octanol–water partition coefficient (Wildman–Crippen LogP) is 1.84. The van der Waals surface area contributed by atoms with Crippen LogP contribution in [0.4, 0.5) is 0 Å². The summed E-state index contributed by atoms with van der Waals surface area (Å²) in [6.45, 7) is 0. The van der Waals surface area contributed by atoms with Crippen molar-refractivity contribution in [1.82, 2.24) is 14.1 Å². The number of hydrogen-bond acceptors (Lipinski definition) is 4. The second-order valence-electron chi connectivity index (χ2n) is 4.18. The smallest absolute Gasteiger partial charge is 0.0969 e. The summed E-state index contributed by atoms with van der Waals surface area (Å²) in [5, 5.41) is 3.63. The molecule has 0 aliphatic carbocycles. The highest BCUT2D eigenvalue weighted by molar-refractivity contribution is 6.99. The maximum Gasteiger partial charge on any atom is 0.0969 e. The average molecular weight is 207 g/mol. The molecular formula is C10H13N3S. The molecule has 1 aromatic rings. The van der Waals surface area contributed by atoms with Gasteiger partial charge in [0.1, 0.15) is 0 Å². The standard InChI is InChI=1S/C10H13N3S/c1-2-9-4-7(3-8(1)12-9)5-10-6-11-14-13-10/h5-6,8-9,12H,1-4H2. The zero-order valence-electron chi connectivity index (χ0n) is 7.94. The molecular weight excluding hydrogens is 194 g/mol. The Morgan fingerprint density at radius 1 is 1.36 bits per heavy atom.